The summed E-state index contributed by atoms with van der Waals surface area (Å²) in [5.41, 5.74) is 0.561. The Labute approximate surface area is 88.8 Å². The summed E-state index contributed by atoms with van der Waals surface area (Å²) < 4.78 is 26.8. The second-order valence-electron chi connectivity index (χ2n) is 3.17. The van der Waals surface area contributed by atoms with Crippen molar-refractivity contribution in [3.63, 3.8) is 0 Å². The van der Waals surface area contributed by atoms with Gasteiger partial charge in [-0.05, 0) is 24.3 Å². The highest BCUT2D eigenvalue weighted by Crippen LogP contribution is 2.10. The van der Waals surface area contributed by atoms with E-state index in [-0.39, 0.29) is 12.4 Å². The Morgan fingerprint density at radius 1 is 1.27 bits per heavy atom. The van der Waals surface area contributed by atoms with E-state index in [2.05, 4.69) is 0 Å². The molecule has 0 unspecified atom stereocenters. The van der Waals surface area contributed by atoms with E-state index in [1.807, 2.05) is 0 Å². The number of carbonyl (C=O) groups excluding carboxylic acids is 1. The van der Waals surface area contributed by atoms with E-state index in [0.29, 0.717) is 11.3 Å². The zero-order valence-corrected chi connectivity index (χ0v) is 9.16. The molecular formula is C10H12O4S. The highest BCUT2D eigenvalue weighted by atomic mass is 32.2. The highest BCUT2D eigenvalue weighted by Gasteiger charge is 2.02. The zero-order chi connectivity index (χ0) is 11.3. The van der Waals surface area contributed by atoms with Crippen LogP contribution in [-0.4, -0.2) is 33.3 Å². The molecule has 0 aliphatic carbocycles. The summed E-state index contributed by atoms with van der Waals surface area (Å²) in [6.45, 7) is 0.124. The number of aldehydes is 1. The average Bonchev–Trinajstić information content (AvgIpc) is 2.17. The number of ether oxygens (including phenoxy) is 1. The average molecular weight is 228 g/mol. The normalized spacial score (nSPS) is 11.0. The minimum absolute atomic E-state index is 0.0115. The molecule has 4 nitrogen and oxygen atoms in total. The lowest BCUT2D eigenvalue weighted by Gasteiger charge is -2.04. The Hall–Kier alpha value is -1.36. The number of benzene rings is 1. The van der Waals surface area contributed by atoms with Gasteiger partial charge in [0.25, 0.3) is 0 Å². The zero-order valence-electron chi connectivity index (χ0n) is 8.34. The Kier molecular flexibility index (Phi) is 3.85. The SMILES string of the molecule is CS(=O)(=O)CCOc1ccc(C=O)cc1. The first-order valence-corrected chi connectivity index (χ1v) is 6.43. The predicted molar refractivity (Wildman–Crippen MR) is 57.0 cm³/mol. The summed E-state index contributed by atoms with van der Waals surface area (Å²) in [5, 5.41) is 0. The van der Waals surface area contributed by atoms with Crippen LogP contribution in [0, 0.1) is 0 Å². The van der Waals surface area contributed by atoms with Crippen molar-refractivity contribution in [1.82, 2.24) is 0 Å². The second-order valence-corrected chi connectivity index (χ2v) is 5.42. The molecule has 0 aliphatic heterocycles. The number of carbonyl (C=O) groups is 1. The molecule has 1 rings (SSSR count). The first kappa shape index (κ1) is 11.7. The largest absolute Gasteiger partial charge is 0.493 e. The predicted octanol–water partition coefficient (Wildman–Crippen LogP) is 0.923. The van der Waals surface area contributed by atoms with Crippen molar-refractivity contribution in [3.05, 3.63) is 29.8 Å². The van der Waals surface area contributed by atoms with E-state index in [4.69, 9.17) is 4.74 Å². The van der Waals surface area contributed by atoms with Crippen LogP contribution in [0.1, 0.15) is 10.4 Å². The Morgan fingerprint density at radius 2 is 1.87 bits per heavy atom. The van der Waals surface area contributed by atoms with Crippen LogP contribution in [-0.2, 0) is 9.84 Å². The molecule has 0 saturated carbocycles. The molecule has 0 aromatic heterocycles. The van der Waals surface area contributed by atoms with Gasteiger partial charge in [0, 0.05) is 11.8 Å². The molecule has 0 heterocycles. The minimum atomic E-state index is -2.99. The van der Waals surface area contributed by atoms with E-state index in [1.165, 1.54) is 0 Å². The van der Waals surface area contributed by atoms with E-state index in [9.17, 15) is 13.2 Å². The highest BCUT2D eigenvalue weighted by molar-refractivity contribution is 7.90. The van der Waals surface area contributed by atoms with Gasteiger partial charge in [-0.15, -0.1) is 0 Å². The minimum Gasteiger partial charge on any atom is -0.493 e. The summed E-state index contributed by atoms with van der Waals surface area (Å²) in [6, 6.07) is 6.49. The van der Waals surface area contributed by atoms with Crippen LogP contribution >= 0.6 is 0 Å². The molecule has 1 aromatic carbocycles. The Balaban J connectivity index is 2.48. The topological polar surface area (TPSA) is 60.4 Å². The monoisotopic (exact) mass is 228 g/mol. The van der Waals surface area contributed by atoms with Crippen molar-refractivity contribution < 1.29 is 17.9 Å². The lowest BCUT2D eigenvalue weighted by atomic mass is 10.2. The fourth-order valence-electron chi connectivity index (χ4n) is 0.954. The van der Waals surface area contributed by atoms with Crippen LogP contribution < -0.4 is 4.74 Å². The van der Waals surface area contributed by atoms with Crippen molar-refractivity contribution in [2.24, 2.45) is 0 Å². The molecule has 5 heteroatoms. The van der Waals surface area contributed by atoms with Gasteiger partial charge in [-0.25, -0.2) is 8.42 Å². The van der Waals surface area contributed by atoms with Gasteiger partial charge in [0.1, 0.15) is 18.6 Å². The summed E-state index contributed by atoms with van der Waals surface area (Å²) in [6.07, 6.45) is 1.89. The molecule has 0 radical (unpaired) electrons. The second kappa shape index (κ2) is 4.93. The van der Waals surface area contributed by atoms with Gasteiger partial charge < -0.3 is 4.74 Å². The number of rotatable bonds is 5. The van der Waals surface area contributed by atoms with Crippen molar-refractivity contribution in [2.45, 2.75) is 0 Å². The maximum atomic E-state index is 10.8. The maximum absolute atomic E-state index is 10.8. The maximum Gasteiger partial charge on any atom is 0.150 e. The lowest BCUT2D eigenvalue weighted by molar-refractivity contribution is 0.112. The van der Waals surface area contributed by atoms with Crippen LogP contribution in [0.25, 0.3) is 0 Å². The third-order valence-electron chi connectivity index (χ3n) is 1.74. The van der Waals surface area contributed by atoms with Crippen LogP contribution in [0.5, 0.6) is 5.75 Å². The molecule has 15 heavy (non-hydrogen) atoms. The van der Waals surface area contributed by atoms with Crippen molar-refractivity contribution in [1.29, 1.82) is 0 Å². The third-order valence-corrected chi connectivity index (χ3v) is 2.65. The number of sulfone groups is 1. The molecule has 0 spiro atoms. The van der Waals surface area contributed by atoms with Gasteiger partial charge in [-0.1, -0.05) is 0 Å². The molecule has 0 saturated heterocycles. The molecule has 0 N–H and O–H groups in total. The molecule has 0 amide bonds. The fourth-order valence-corrected chi connectivity index (χ4v) is 1.34. The third kappa shape index (κ3) is 4.60. The van der Waals surface area contributed by atoms with Gasteiger partial charge >= 0.3 is 0 Å². The smallest absolute Gasteiger partial charge is 0.150 e. The lowest BCUT2D eigenvalue weighted by Crippen LogP contribution is -2.11. The Morgan fingerprint density at radius 3 is 2.33 bits per heavy atom. The molecule has 0 fully saturated rings. The van der Waals surface area contributed by atoms with Crippen LogP contribution in [0.3, 0.4) is 0 Å². The van der Waals surface area contributed by atoms with Gasteiger partial charge in [0.2, 0.25) is 0 Å². The van der Waals surface area contributed by atoms with Crippen molar-refractivity contribution >= 4 is 16.1 Å². The molecule has 82 valence electrons. The van der Waals surface area contributed by atoms with Crippen molar-refractivity contribution in [3.8, 4) is 5.75 Å². The number of hydrogen-bond donors (Lipinski definition) is 0. The van der Waals surface area contributed by atoms with Gasteiger partial charge in [0.05, 0.1) is 5.75 Å². The van der Waals surface area contributed by atoms with E-state index >= 15 is 0 Å². The first-order chi connectivity index (χ1) is 7.01. The molecular weight excluding hydrogens is 216 g/mol. The molecule has 1 aromatic rings. The number of hydrogen-bond acceptors (Lipinski definition) is 4. The molecule has 0 bridgehead atoms. The van der Waals surface area contributed by atoms with Crippen LogP contribution in [0.4, 0.5) is 0 Å². The summed E-state index contributed by atoms with van der Waals surface area (Å²) >= 11 is 0. The van der Waals surface area contributed by atoms with Crippen molar-refractivity contribution in [2.75, 3.05) is 18.6 Å². The quantitative estimate of drug-likeness (QED) is 0.703. The summed E-state index contributed by atoms with van der Waals surface area (Å²) in [7, 11) is -2.99. The molecule has 0 atom stereocenters. The van der Waals surface area contributed by atoms with E-state index < -0.39 is 9.84 Å². The van der Waals surface area contributed by atoms with Crippen LogP contribution in [0.2, 0.25) is 0 Å². The summed E-state index contributed by atoms with van der Waals surface area (Å²) in [4.78, 5) is 10.3. The Bertz CT molecular complexity index is 419. The standard InChI is InChI=1S/C10H12O4S/c1-15(12,13)7-6-14-10-4-2-9(8-11)3-5-10/h2-5,8H,6-7H2,1H3. The fraction of sp³-hybridized carbons (Fsp3) is 0.300. The van der Waals surface area contributed by atoms with Gasteiger partial charge in [0.15, 0.2) is 9.84 Å². The molecule has 0 aliphatic rings. The van der Waals surface area contributed by atoms with E-state index in [0.717, 1.165) is 12.5 Å². The summed E-state index contributed by atoms with van der Waals surface area (Å²) in [5.74, 6) is 0.548. The van der Waals surface area contributed by atoms with Crippen LogP contribution in [0.15, 0.2) is 24.3 Å². The van der Waals surface area contributed by atoms with Gasteiger partial charge in [-0.2, -0.15) is 0 Å². The first-order valence-electron chi connectivity index (χ1n) is 4.37. The van der Waals surface area contributed by atoms with Gasteiger partial charge in [-0.3, -0.25) is 4.79 Å². The van der Waals surface area contributed by atoms with E-state index in [1.54, 1.807) is 24.3 Å².